The van der Waals surface area contributed by atoms with Crippen LogP contribution in [0, 0.1) is 11.6 Å². The Bertz CT molecular complexity index is 463. The Hall–Kier alpha value is -1.00. The first kappa shape index (κ1) is 13.0. The lowest BCUT2D eigenvalue weighted by molar-refractivity contribution is 0.0539. The summed E-state index contributed by atoms with van der Waals surface area (Å²) >= 11 is 0. The van der Waals surface area contributed by atoms with E-state index in [0.29, 0.717) is 18.6 Å². The van der Waals surface area contributed by atoms with E-state index in [1.54, 1.807) is 6.07 Å². The Morgan fingerprint density at radius 2 is 2.05 bits per heavy atom. The molecule has 0 amide bonds. The molecule has 0 radical (unpaired) electrons. The summed E-state index contributed by atoms with van der Waals surface area (Å²) in [5, 5.41) is 0. The van der Waals surface area contributed by atoms with Gasteiger partial charge in [0.25, 0.3) is 0 Å². The highest BCUT2D eigenvalue weighted by atomic mass is 19.2. The van der Waals surface area contributed by atoms with Crippen molar-refractivity contribution in [2.75, 3.05) is 19.6 Å². The molecule has 2 aliphatic heterocycles. The third-order valence-electron chi connectivity index (χ3n) is 4.44. The van der Waals surface area contributed by atoms with Gasteiger partial charge >= 0.3 is 0 Å². The molecule has 0 bridgehead atoms. The fourth-order valence-corrected chi connectivity index (χ4v) is 3.34. The SMILES string of the molecule is C[C@H]1CN2CCCC2CN1Cc1ccc(F)c(F)c1. The zero-order valence-electron chi connectivity index (χ0n) is 11.3. The van der Waals surface area contributed by atoms with Gasteiger partial charge in [-0.25, -0.2) is 8.78 Å². The van der Waals surface area contributed by atoms with Gasteiger partial charge in [-0.3, -0.25) is 9.80 Å². The number of hydrogen-bond acceptors (Lipinski definition) is 2. The van der Waals surface area contributed by atoms with E-state index < -0.39 is 11.6 Å². The third kappa shape index (κ3) is 2.65. The smallest absolute Gasteiger partial charge is 0.159 e. The summed E-state index contributed by atoms with van der Waals surface area (Å²) in [6.07, 6.45) is 2.55. The predicted octanol–water partition coefficient (Wildman–Crippen LogP) is 2.63. The second-order valence-electron chi connectivity index (χ2n) is 5.82. The number of halogens is 2. The van der Waals surface area contributed by atoms with E-state index in [2.05, 4.69) is 16.7 Å². The topological polar surface area (TPSA) is 6.48 Å². The molecule has 0 aromatic heterocycles. The molecule has 2 heterocycles. The first-order valence-electron chi connectivity index (χ1n) is 7.05. The highest BCUT2D eigenvalue weighted by Crippen LogP contribution is 2.25. The molecule has 1 unspecified atom stereocenters. The van der Waals surface area contributed by atoms with Crippen LogP contribution >= 0.6 is 0 Å². The van der Waals surface area contributed by atoms with Gasteiger partial charge in [-0.2, -0.15) is 0 Å². The zero-order chi connectivity index (χ0) is 13.4. The van der Waals surface area contributed by atoms with Crippen molar-refractivity contribution in [2.45, 2.75) is 38.4 Å². The van der Waals surface area contributed by atoms with Crippen LogP contribution < -0.4 is 0 Å². The van der Waals surface area contributed by atoms with Gasteiger partial charge in [-0.05, 0) is 44.0 Å². The molecule has 0 saturated carbocycles. The average molecular weight is 266 g/mol. The Morgan fingerprint density at radius 1 is 1.21 bits per heavy atom. The molecule has 2 nitrogen and oxygen atoms in total. The molecule has 1 aromatic rings. The Morgan fingerprint density at radius 3 is 2.84 bits per heavy atom. The van der Waals surface area contributed by atoms with Gasteiger partial charge in [0.1, 0.15) is 0 Å². The van der Waals surface area contributed by atoms with Crippen molar-refractivity contribution in [1.29, 1.82) is 0 Å². The number of nitrogens with zero attached hydrogens (tertiary/aromatic N) is 2. The first-order chi connectivity index (χ1) is 9.13. The Balaban J connectivity index is 1.70. The number of hydrogen-bond donors (Lipinski definition) is 0. The molecular formula is C15H20F2N2. The highest BCUT2D eigenvalue weighted by molar-refractivity contribution is 5.18. The third-order valence-corrected chi connectivity index (χ3v) is 4.44. The van der Waals surface area contributed by atoms with Crippen LogP contribution in [-0.2, 0) is 6.54 Å². The van der Waals surface area contributed by atoms with E-state index in [1.807, 2.05) is 0 Å². The molecule has 4 heteroatoms. The quantitative estimate of drug-likeness (QED) is 0.812. The summed E-state index contributed by atoms with van der Waals surface area (Å²) in [4.78, 5) is 4.95. The average Bonchev–Trinajstić information content (AvgIpc) is 2.81. The molecule has 2 saturated heterocycles. The second kappa shape index (κ2) is 5.17. The van der Waals surface area contributed by atoms with Gasteiger partial charge in [-0.15, -0.1) is 0 Å². The maximum atomic E-state index is 13.2. The summed E-state index contributed by atoms with van der Waals surface area (Å²) < 4.78 is 26.2. The van der Waals surface area contributed by atoms with Crippen LogP contribution in [0.3, 0.4) is 0 Å². The maximum Gasteiger partial charge on any atom is 0.159 e. The van der Waals surface area contributed by atoms with E-state index in [1.165, 1.54) is 31.5 Å². The van der Waals surface area contributed by atoms with Gasteiger partial charge < -0.3 is 0 Å². The largest absolute Gasteiger partial charge is 0.298 e. The summed E-state index contributed by atoms with van der Waals surface area (Å²) in [5.41, 5.74) is 0.859. The minimum atomic E-state index is -0.766. The van der Waals surface area contributed by atoms with E-state index >= 15 is 0 Å². The van der Waals surface area contributed by atoms with Gasteiger partial charge in [0.05, 0.1) is 0 Å². The van der Waals surface area contributed by atoms with Crippen LogP contribution in [0.15, 0.2) is 18.2 Å². The summed E-state index contributed by atoms with van der Waals surface area (Å²) in [5.74, 6) is -1.51. The van der Waals surface area contributed by atoms with E-state index in [9.17, 15) is 8.78 Å². The van der Waals surface area contributed by atoms with Crippen molar-refractivity contribution < 1.29 is 8.78 Å². The molecule has 3 rings (SSSR count). The molecule has 0 spiro atoms. The molecule has 19 heavy (non-hydrogen) atoms. The minimum absolute atomic E-state index is 0.475. The lowest BCUT2D eigenvalue weighted by Gasteiger charge is -2.42. The van der Waals surface area contributed by atoms with Crippen LogP contribution in [0.5, 0.6) is 0 Å². The minimum Gasteiger partial charge on any atom is -0.298 e. The standard InChI is InChI=1S/C15H20F2N2/c1-11-8-18-6-2-3-13(18)10-19(11)9-12-4-5-14(16)15(17)7-12/h4-5,7,11,13H,2-3,6,8-10H2,1H3/t11-,13?/m0/s1. The lowest BCUT2D eigenvalue weighted by Crippen LogP contribution is -2.54. The summed E-state index contributed by atoms with van der Waals surface area (Å²) in [6.45, 7) is 6.28. The van der Waals surface area contributed by atoms with Crippen LogP contribution in [-0.4, -0.2) is 41.5 Å². The van der Waals surface area contributed by atoms with Crippen molar-refractivity contribution in [3.05, 3.63) is 35.4 Å². The lowest BCUT2D eigenvalue weighted by atomic mass is 10.1. The van der Waals surface area contributed by atoms with Gasteiger partial charge in [0, 0.05) is 31.7 Å². The molecular weight excluding hydrogens is 246 g/mol. The predicted molar refractivity (Wildman–Crippen MR) is 70.8 cm³/mol. The van der Waals surface area contributed by atoms with Crippen LogP contribution in [0.1, 0.15) is 25.3 Å². The van der Waals surface area contributed by atoms with Gasteiger partial charge in [0.2, 0.25) is 0 Å². The number of benzene rings is 1. The summed E-state index contributed by atoms with van der Waals surface area (Å²) in [6, 6.07) is 5.36. The molecule has 104 valence electrons. The fourth-order valence-electron chi connectivity index (χ4n) is 3.34. The van der Waals surface area contributed by atoms with Gasteiger partial charge in [0.15, 0.2) is 11.6 Å². The number of piperazine rings is 1. The maximum absolute atomic E-state index is 13.2. The normalized spacial score (nSPS) is 28.6. The molecule has 0 aliphatic carbocycles. The number of fused-ring (bicyclic) bond motifs is 1. The van der Waals surface area contributed by atoms with Crippen molar-refractivity contribution in [2.24, 2.45) is 0 Å². The fraction of sp³-hybridized carbons (Fsp3) is 0.600. The van der Waals surface area contributed by atoms with Crippen molar-refractivity contribution in [1.82, 2.24) is 9.80 Å². The molecule has 2 atom stereocenters. The first-order valence-corrected chi connectivity index (χ1v) is 7.05. The molecule has 1 aromatic carbocycles. The Kier molecular flexibility index (Phi) is 3.54. The van der Waals surface area contributed by atoms with Crippen molar-refractivity contribution >= 4 is 0 Å². The van der Waals surface area contributed by atoms with E-state index in [4.69, 9.17) is 0 Å². The zero-order valence-corrected chi connectivity index (χ0v) is 11.3. The van der Waals surface area contributed by atoms with Crippen LogP contribution in [0.2, 0.25) is 0 Å². The second-order valence-corrected chi connectivity index (χ2v) is 5.82. The van der Waals surface area contributed by atoms with Crippen molar-refractivity contribution in [3.63, 3.8) is 0 Å². The Labute approximate surface area is 113 Å². The molecule has 2 fully saturated rings. The monoisotopic (exact) mass is 266 g/mol. The highest BCUT2D eigenvalue weighted by Gasteiger charge is 2.34. The van der Waals surface area contributed by atoms with Gasteiger partial charge in [-0.1, -0.05) is 6.07 Å². The molecule has 2 aliphatic rings. The van der Waals surface area contributed by atoms with Crippen molar-refractivity contribution in [3.8, 4) is 0 Å². The van der Waals surface area contributed by atoms with E-state index in [-0.39, 0.29) is 0 Å². The van der Waals surface area contributed by atoms with Crippen LogP contribution in [0.4, 0.5) is 8.78 Å². The number of rotatable bonds is 2. The molecule has 0 N–H and O–H groups in total. The van der Waals surface area contributed by atoms with E-state index in [0.717, 1.165) is 18.7 Å². The van der Waals surface area contributed by atoms with Crippen LogP contribution in [0.25, 0.3) is 0 Å². The summed E-state index contributed by atoms with van der Waals surface area (Å²) in [7, 11) is 0.